The molecule has 1 atom stereocenters. The van der Waals surface area contributed by atoms with Crippen molar-refractivity contribution in [2.75, 3.05) is 7.11 Å². The molecule has 39 heavy (non-hydrogen) atoms. The molecule has 1 heterocycles. The highest BCUT2D eigenvalue weighted by atomic mass is 127. The van der Waals surface area contributed by atoms with Crippen molar-refractivity contribution in [3.63, 3.8) is 0 Å². The smallest absolute Gasteiger partial charge is 0.331 e. The van der Waals surface area contributed by atoms with Crippen LogP contribution in [0, 0.1) is 26.7 Å². The van der Waals surface area contributed by atoms with Crippen molar-refractivity contribution in [3.05, 3.63) is 62.7 Å². The fraction of sp³-hybridized carbons (Fsp3) is 0.452. The van der Waals surface area contributed by atoms with Gasteiger partial charge in [0.15, 0.2) is 11.5 Å². The molecule has 2 aromatic carbocycles. The summed E-state index contributed by atoms with van der Waals surface area (Å²) in [5.74, 6) is 1.98. The molecule has 2 aromatic rings. The molecule has 1 saturated heterocycles. The number of nitrogens with zero attached hydrogens (tertiary/aromatic N) is 1. The standard InChI is InChI=1S/C31H33IN2O5/c1-18(31-14-21-8-22(15-31)10-23(9-21)16-31)34-29(36)24(28(35)33-30(34)37)11-20-12-25(32)27(26(13-20)38-2)39-17-19-6-4-3-5-7-19/h3-7,11-13,18,21-23H,8-10,14-17H2,1-2H3,(H,33,35,37)/b24-11+. The van der Waals surface area contributed by atoms with Crippen LogP contribution in [0.5, 0.6) is 11.5 Å². The lowest BCUT2D eigenvalue weighted by atomic mass is 9.47. The Labute approximate surface area is 242 Å². The minimum atomic E-state index is -0.669. The van der Waals surface area contributed by atoms with Gasteiger partial charge in [-0.25, -0.2) is 4.79 Å². The SMILES string of the molecule is COc1cc(/C=C2\C(=O)NC(=O)N(C(C)C34CC5CC(CC(C5)C3)C4)C2=O)cc(I)c1OCc1ccccc1. The molecule has 4 aliphatic carbocycles. The molecule has 5 aliphatic rings. The van der Waals surface area contributed by atoms with E-state index in [9.17, 15) is 14.4 Å². The molecule has 4 saturated carbocycles. The van der Waals surface area contributed by atoms with Crippen LogP contribution >= 0.6 is 22.6 Å². The molecular formula is C31H33IN2O5. The topological polar surface area (TPSA) is 84.9 Å². The zero-order chi connectivity index (χ0) is 27.3. The number of halogens is 1. The van der Waals surface area contributed by atoms with E-state index in [2.05, 4.69) is 27.9 Å². The van der Waals surface area contributed by atoms with Crippen LogP contribution in [0.4, 0.5) is 4.79 Å². The zero-order valence-corrected chi connectivity index (χ0v) is 24.4. The number of methoxy groups -OCH3 is 1. The Kier molecular flexibility index (Phi) is 6.93. The Balaban J connectivity index is 1.27. The molecule has 4 amide bonds. The number of barbiturate groups is 1. The predicted octanol–water partition coefficient (Wildman–Crippen LogP) is 5.95. The highest BCUT2D eigenvalue weighted by molar-refractivity contribution is 14.1. The van der Waals surface area contributed by atoms with Crippen LogP contribution in [0.25, 0.3) is 6.08 Å². The van der Waals surface area contributed by atoms with Gasteiger partial charge in [0, 0.05) is 6.04 Å². The Morgan fingerprint density at radius 2 is 1.69 bits per heavy atom. The average Bonchev–Trinajstić information content (AvgIpc) is 2.90. The summed E-state index contributed by atoms with van der Waals surface area (Å²) in [5, 5.41) is 2.44. The number of carbonyl (C=O) groups excluding carboxylic acids is 3. The molecule has 0 spiro atoms. The van der Waals surface area contributed by atoms with Gasteiger partial charge in [0.25, 0.3) is 11.8 Å². The number of rotatable bonds is 7. The summed E-state index contributed by atoms with van der Waals surface area (Å²) in [6.45, 7) is 2.39. The van der Waals surface area contributed by atoms with Gasteiger partial charge < -0.3 is 9.47 Å². The summed E-state index contributed by atoms with van der Waals surface area (Å²) >= 11 is 2.17. The molecule has 4 bridgehead atoms. The molecule has 7 rings (SSSR count). The number of nitrogens with one attached hydrogen (secondary N) is 1. The van der Waals surface area contributed by atoms with Crippen molar-refractivity contribution in [2.24, 2.45) is 23.2 Å². The Morgan fingerprint density at radius 1 is 1.05 bits per heavy atom. The fourth-order valence-corrected chi connectivity index (χ4v) is 8.63. The number of amides is 4. The average molecular weight is 641 g/mol. The van der Waals surface area contributed by atoms with Gasteiger partial charge in [-0.2, -0.15) is 0 Å². The number of imide groups is 2. The lowest BCUT2D eigenvalue weighted by Gasteiger charge is -2.60. The van der Waals surface area contributed by atoms with E-state index in [0.29, 0.717) is 41.4 Å². The van der Waals surface area contributed by atoms with E-state index in [-0.39, 0.29) is 17.0 Å². The highest BCUT2D eigenvalue weighted by Gasteiger charge is 2.56. The van der Waals surface area contributed by atoms with Gasteiger partial charge in [-0.15, -0.1) is 0 Å². The van der Waals surface area contributed by atoms with E-state index in [1.807, 2.05) is 43.3 Å². The first-order valence-electron chi connectivity index (χ1n) is 13.7. The summed E-state index contributed by atoms with van der Waals surface area (Å²) < 4.78 is 12.4. The van der Waals surface area contributed by atoms with E-state index < -0.39 is 17.8 Å². The molecule has 0 aromatic heterocycles. The first-order valence-corrected chi connectivity index (χ1v) is 14.8. The molecular weight excluding hydrogens is 607 g/mol. The maximum Gasteiger partial charge on any atom is 0.331 e. The number of hydrogen-bond donors (Lipinski definition) is 1. The number of hydrogen-bond acceptors (Lipinski definition) is 5. The first-order chi connectivity index (χ1) is 18.8. The molecule has 1 unspecified atom stereocenters. The Morgan fingerprint density at radius 3 is 2.31 bits per heavy atom. The Hall–Kier alpha value is -2.88. The molecule has 1 N–H and O–H groups in total. The monoisotopic (exact) mass is 640 g/mol. The van der Waals surface area contributed by atoms with Gasteiger partial charge in [0.2, 0.25) is 0 Å². The van der Waals surface area contributed by atoms with Gasteiger partial charge in [0.1, 0.15) is 12.2 Å². The predicted molar refractivity (Wildman–Crippen MR) is 155 cm³/mol. The third kappa shape index (κ3) is 4.85. The lowest BCUT2D eigenvalue weighted by Crippen LogP contribution is -2.63. The maximum absolute atomic E-state index is 13.8. The summed E-state index contributed by atoms with van der Waals surface area (Å²) in [6.07, 6.45) is 8.57. The van der Waals surface area contributed by atoms with Crippen LogP contribution in [0.15, 0.2) is 48.0 Å². The second-order valence-electron chi connectivity index (χ2n) is 11.8. The van der Waals surface area contributed by atoms with E-state index in [1.54, 1.807) is 19.3 Å². The van der Waals surface area contributed by atoms with E-state index >= 15 is 0 Å². The normalized spacial score (nSPS) is 29.5. The van der Waals surface area contributed by atoms with Crippen molar-refractivity contribution in [3.8, 4) is 11.5 Å². The van der Waals surface area contributed by atoms with Gasteiger partial charge in [-0.3, -0.25) is 19.8 Å². The van der Waals surface area contributed by atoms with Crippen LogP contribution in [0.3, 0.4) is 0 Å². The van der Waals surface area contributed by atoms with Gasteiger partial charge >= 0.3 is 6.03 Å². The first kappa shape index (κ1) is 26.3. The minimum absolute atomic E-state index is 0.0398. The summed E-state index contributed by atoms with van der Waals surface area (Å²) in [5.41, 5.74) is 1.56. The summed E-state index contributed by atoms with van der Waals surface area (Å²) in [7, 11) is 1.56. The molecule has 7 nitrogen and oxygen atoms in total. The van der Waals surface area contributed by atoms with Gasteiger partial charge in [-0.1, -0.05) is 30.3 Å². The fourth-order valence-electron chi connectivity index (χ4n) is 7.85. The van der Waals surface area contributed by atoms with Crippen molar-refractivity contribution >= 4 is 46.5 Å². The van der Waals surface area contributed by atoms with Crippen molar-refractivity contribution in [2.45, 2.75) is 58.1 Å². The van der Waals surface area contributed by atoms with Crippen LogP contribution in [0.1, 0.15) is 56.6 Å². The van der Waals surface area contributed by atoms with Gasteiger partial charge in [-0.05, 0) is 121 Å². The summed E-state index contributed by atoms with van der Waals surface area (Å²) in [4.78, 5) is 41.0. The third-order valence-electron chi connectivity index (χ3n) is 9.28. The minimum Gasteiger partial charge on any atom is -0.493 e. The summed E-state index contributed by atoms with van der Waals surface area (Å²) in [6, 6.07) is 12.6. The Bertz CT molecular complexity index is 1320. The second-order valence-corrected chi connectivity index (χ2v) is 12.9. The molecule has 204 valence electrons. The number of benzene rings is 2. The lowest BCUT2D eigenvalue weighted by molar-refractivity contribution is -0.139. The number of urea groups is 1. The molecule has 1 aliphatic heterocycles. The highest BCUT2D eigenvalue weighted by Crippen LogP contribution is 2.62. The van der Waals surface area contributed by atoms with Crippen LogP contribution in [0.2, 0.25) is 0 Å². The van der Waals surface area contributed by atoms with Crippen LogP contribution < -0.4 is 14.8 Å². The van der Waals surface area contributed by atoms with Crippen molar-refractivity contribution in [1.82, 2.24) is 10.2 Å². The third-order valence-corrected chi connectivity index (χ3v) is 10.1. The van der Waals surface area contributed by atoms with Crippen molar-refractivity contribution in [1.29, 1.82) is 0 Å². The van der Waals surface area contributed by atoms with E-state index in [0.717, 1.165) is 28.4 Å². The van der Waals surface area contributed by atoms with E-state index in [4.69, 9.17) is 9.47 Å². The molecule has 5 fully saturated rings. The largest absolute Gasteiger partial charge is 0.493 e. The van der Waals surface area contributed by atoms with E-state index in [1.165, 1.54) is 24.2 Å². The quantitative estimate of drug-likeness (QED) is 0.230. The van der Waals surface area contributed by atoms with Gasteiger partial charge in [0.05, 0.1) is 10.7 Å². The molecule has 0 radical (unpaired) electrons. The maximum atomic E-state index is 13.8. The van der Waals surface area contributed by atoms with Crippen LogP contribution in [-0.4, -0.2) is 35.9 Å². The second kappa shape index (κ2) is 10.3. The number of carbonyl (C=O) groups is 3. The van der Waals surface area contributed by atoms with Crippen molar-refractivity contribution < 1.29 is 23.9 Å². The number of ether oxygens (including phenoxy) is 2. The van der Waals surface area contributed by atoms with Crippen LogP contribution in [-0.2, 0) is 16.2 Å². The zero-order valence-electron chi connectivity index (χ0n) is 22.2. The molecule has 8 heteroatoms.